The molecule has 2 fully saturated rings. The molecule has 150 valence electrons. The number of amides is 1. The number of hydrogen-bond acceptors (Lipinski definition) is 6. The van der Waals surface area contributed by atoms with Gasteiger partial charge in [-0.3, -0.25) is 4.79 Å². The van der Waals surface area contributed by atoms with Crippen LogP contribution in [0.4, 0.5) is 0 Å². The second-order valence-corrected chi connectivity index (χ2v) is 9.78. The maximum absolute atomic E-state index is 12.8. The van der Waals surface area contributed by atoms with Crippen LogP contribution in [-0.4, -0.2) is 60.9 Å². The van der Waals surface area contributed by atoms with Crippen molar-refractivity contribution in [3.05, 3.63) is 41.6 Å². The van der Waals surface area contributed by atoms with Crippen LogP contribution in [0.15, 0.2) is 33.6 Å². The van der Waals surface area contributed by atoms with E-state index in [1.807, 2.05) is 0 Å². The molecule has 2 aromatic rings. The van der Waals surface area contributed by atoms with Gasteiger partial charge in [-0.15, -0.1) is 10.2 Å². The van der Waals surface area contributed by atoms with Crippen molar-refractivity contribution in [3.63, 3.8) is 0 Å². The van der Waals surface area contributed by atoms with Crippen molar-refractivity contribution < 1.29 is 17.6 Å². The first-order valence-corrected chi connectivity index (χ1v) is 11.0. The summed E-state index contributed by atoms with van der Waals surface area (Å²) in [4.78, 5) is 14.7. The summed E-state index contributed by atoms with van der Waals surface area (Å²) in [6, 6.07) is 6.11. The molecule has 0 N–H and O–H groups in total. The third-order valence-electron chi connectivity index (χ3n) is 5.39. The van der Waals surface area contributed by atoms with Gasteiger partial charge in [0.05, 0.1) is 4.90 Å². The fourth-order valence-corrected chi connectivity index (χ4v) is 4.30. The van der Waals surface area contributed by atoms with E-state index in [0.717, 1.165) is 35.9 Å². The van der Waals surface area contributed by atoms with Crippen molar-refractivity contribution >= 4 is 15.9 Å². The summed E-state index contributed by atoms with van der Waals surface area (Å²) < 4.78 is 31.2. The molecule has 1 aromatic heterocycles. The van der Waals surface area contributed by atoms with Gasteiger partial charge in [0.1, 0.15) is 0 Å². The molecule has 2 heterocycles. The van der Waals surface area contributed by atoms with Gasteiger partial charge in [0.25, 0.3) is 5.91 Å². The van der Waals surface area contributed by atoms with E-state index in [2.05, 4.69) is 10.2 Å². The Hall–Kier alpha value is -2.26. The van der Waals surface area contributed by atoms with Gasteiger partial charge in [0.2, 0.25) is 21.8 Å². The number of aromatic nitrogens is 2. The van der Waals surface area contributed by atoms with Gasteiger partial charge < -0.3 is 9.32 Å². The fraction of sp³-hybridized carbons (Fsp3) is 0.526. The van der Waals surface area contributed by atoms with Crippen LogP contribution < -0.4 is 0 Å². The predicted octanol–water partition coefficient (Wildman–Crippen LogP) is 2.22. The largest absolute Gasteiger partial charge is 0.425 e. The van der Waals surface area contributed by atoms with Crippen molar-refractivity contribution in [1.82, 2.24) is 19.4 Å². The zero-order chi connectivity index (χ0) is 19.9. The number of carbonyl (C=O) groups is 1. The number of nitrogens with zero attached hydrogens (tertiary/aromatic N) is 4. The minimum Gasteiger partial charge on any atom is -0.425 e. The summed E-state index contributed by atoms with van der Waals surface area (Å²) in [6.45, 7) is 1.23. The summed E-state index contributed by atoms with van der Waals surface area (Å²) in [7, 11) is -0.533. The molecule has 1 aliphatic carbocycles. The lowest BCUT2D eigenvalue weighted by molar-refractivity contribution is 0.0706. The minimum atomic E-state index is -3.50. The second-order valence-electron chi connectivity index (χ2n) is 7.63. The van der Waals surface area contributed by atoms with E-state index in [1.54, 1.807) is 17.0 Å². The van der Waals surface area contributed by atoms with Crippen molar-refractivity contribution in [1.29, 1.82) is 0 Å². The minimum absolute atomic E-state index is 0.0866. The highest BCUT2D eigenvalue weighted by Crippen LogP contribution is 2.40. The van der Waals surface area contributed by atoms with Crippen LogP contribution in [0, 0.1) is 0 Å². The zero-order valence-corrected chi connectivity index (χ0v) is 16.9. The Bertz CT molecular complexity index is 956. The standard InChI is InChI=1S/C19H24N4O4S/c1-22(2)28(25,26)16-7-5-15(6-8-16)19(24)23-11-9-14(10-12-23)18-21-20-17(27-18)13-3-4-13/h5-8,13-14H,3-4,9-12H2,1-2H3. The summed E-state index contributed by atoms with van der Waals surface area (Å²) >= 11 is 0. The SMILES string of the molecule is CN(C)S(=O)(=O)c1ccc(C(=O)N2CCC(c3nnc(C4CC4)o3)CC2)cc1. The van der Waals surface area contributed by atoms with Crippen LogP contribution >= 0.6 is 0 Å². The van der Waals surface area contributed by atoms with Crippen LogP contribution in [0.1, 0.15) is 59.7 Å². The van der Waals surface area contributed by atoms with E-state index in [9.17, 15) is 13.2 Å². The van der Waals surface area contributed by atoms with Crippen molar-refractivity contribution in [2.45, 2.75) is 42.4 Å². The molecule has 4 rings (SSSR count). The lowest BCUT2D eigenvalue weighted by Gasteiger charge is -2.30. The molecule has 0 unspecified atom stereocenters. The molecule has 1 amide bonds. The smallest absolute Gasteiger partial charge is 0.253 e. The summed E-state index contributed by atoms with van der Waals surface area (Å²) in [5, 5.41) is 8.34. The number of piperidine rings is 1. The van der Waals surface area contributed by atoms with E-state index in [4.69, 9.17) is 4.42 Å². The van der Waals surface area contributed by atoms with Gasteiger partial charge in [-0.25, -0.2) is 12.7 Å². The van der Waals surface area contributed by atoms with E-state index < -0.39 is 10.0 Å². The Balaban J connectivity index is 1.38. The first kappa shape index (κ1) is 19.1. The van der Waals surface area contributed by atoms with E-state index in [1.165, 1.54) is 26.2 Å². The normalized spacial score (nSPS) is 18.6. The highest BCUT2D eigenvalue weighted by atomic mass is 32.2. The second kappa shape index (κ2) is 7.29. The van der Waals surface area contributed by atoms with Crippen LogP contribution in [0.25, 0.3) is 0 Å². The third kappa shape index (κ3) is 3.68. The Morgan fingerprint density at radius 1 is 1.00 bits per heavy atom. The zero-order valence-electron chi connectivity index (χ0n) is 16.0. The van der Waals surface area contributed by atoms with Crippen molar-refractivity contribution in [2.24, 2.45) is 0 Å². The number of sulfonamides is 1. The average Bonchev–Trinajstić information content (AvgIpc) is 3.44. The molecule has 9 heteroatoms. The molecule has 1 saturated carbocycles. The van der Waals surface area contributed by atoms with Crippen LogP contribution in [0.2, 0.25) is 0 Å². The highest BCUT2D eigenvalue weighted by molar-refractivity contribution is 7.89. The van der Waals surface area contributed by atoms with Gasteiger partial charge in [0, 0.05) is 44.6 Å². The first-order chi connectivity index (χ1) is 13.4. The fourth-order valence-electron chi connectivity index (χ4n) is 3.40. The van der Waals surface area contributed by atoms with E-state index in [0.29, 0.717) is 30.5 Å². The molecule has 1 aromatic carbocycles. The number of carbonyl (C=O) groups excluding carboxylic acids is 1. The van der Waals surface area contributed by atoms with E-state index in [-0.39, 0.29) is 16.7 Å². The van der Waals surface area contributed by atoms with Gasteiger partial charge in [-0.2, -0.15) is 0 Å². The molecule has 28 heavy (non-hydrogen) atoms. The van der Waals surface area contributed by atoms with Crippen LogP contribution in [-0.2, 0) is 10.0 Å². The quantitative estimate of drug-likeness (QED) is 0.758. The Kier molecular flexibility index (Phi) is 4.96. The molecule has 0 radical (unpaired) electrons. The highest BCUT2D eigenvalue weighted by Gasteiger charge is 2.32. The molecule has 2 aliphatic rings. The molecule has 0 bridgehead atoms. The number of likely N-dealkylation sites (tertiary alicyclic amines) is 1. The van der Waals surface area contributed by atoms with E-state index >= 15 is 0 Å². The number of benzene rings is 1. The topological polar surface area (TPSA) is 96.6 Å². The lowest BCUT2D eigenvalue weighted by Crippen LogP contribution is -2.38. The van der Waals surface area contributed by atoms with Gasteiger partial charge in [-0.05, 0) is 49.9 Å². The Morgan fingerprint density at radius 2 is 1.54 bits per heavy atom. The molecular weight excluding hydrogens is 380 g/mol. The molecule has 0 spiro atoms. The maximum atomic E-state index is 12.8. The summed E-state index contributed by atoms with van der Waals surface area (Å²) in [5.74, 6) is 1.99. The predicted molar refractivity (Wildman–Crippen MR) is 101 cm³/mol. The van der Waals surface area contributed by atoms with Gasteiger partial charge in [-0.1, -0.05) is 0 Å². The maximum Gasteiger partial charge on any atom is 0.253 e. The Labute approximate surface area is 164 Å². The summed E-state index contributed by atoms with van der Waals surface area (Å²) in [5.41, 5.74) is 0.491. The van der Waals surface area contributed by atoms with Crippen LogP contribution in [0.5, 0.6) is 0 Å². The third-order valence-corrected chi connectivity index (χ3v) is 7.22. The number of rotatable bonds is 5. The van der Waals surface area contributed by atoms with Gasteiger partial charge in [0.15, 0.2) is 0 Å². The van der Waals surface area contributed by atoms with Crippen LogP contribution in [0.3, 0.4) is 0 Å². The lowest BCUT2D eigenvalue weighted by atomic mass is 9.96. The van der Waals surface area contributed by atoms with Crippen molar-refractivity contribution in [3.8, 4) is 0 Å². The molecular formula is C19H24N4O4S. The summed E-state index contributed by atoms with van der Waals surface area (Å²) in [6.07, 6.45) is 3.82. The van der Waals surface area contributed by atoms with Crippen molar-refractivity contribution in [2.75, 3.05) is 27.2 Å². The molecule has 0 atom stereocenters. The Morgan fingerprint density at radius 3 is 2.04 bits per heavy atom. The molecule has 1 aliphatic heterocycles. The molecule has 8 nitrogen and oxygen atoms in total. The molecule has 1 saturated heterocycles. The first-order valence-electron chi connectivity index (χ1n) is 9.51. The number of hydrogen-bond donors (Lipinski definition) is 0. The monoisotopic (exact) mass is 404 g/mol. The average molecular weight is 404 g/mol. The van der Waals surface area contributed by atoms with Gasteiger partial charge >= 0.3 is 0 Å².